The maximum Gasteiger partial charge on any atom is 0.229 e. The number of nitrogens with one attached hydrogen (secondary N) is 2. The molecule has 1 fully saturated rings. The first-order valence-electron chi connectivity index (χ1n) is 6.61. The van der Waals surface area contributed by atoms with Crippen LogP contribution in [0.3, 0.4) is 0 Å². The van der Waals surface area contributed by atoms with Gasteiger partial charge in [-0.3, -0.25) is 4.79 Å². The number of sulfone groups is 1. The summed E-state index contributed by atoms with van der Waals surface area (Å²) < 4.78 is 23.1. The van der Waals surface area contributed by atoms with Crippen molar-refractivity contribution in [1.82, 2.24) is 5.32 Å². The van der Waals surface area contributed by atoms with Gasteiger partial charge in [-0.25, -0.2) is 8.42 Å². The largest absolute Gasteiger partial charge is 0.326 e. The number of amides is 1. The fourth-order valence-corrected chi connectivity index (χ4v) is 3.00. The molecule has 1 aromatic carbocycles. The molecule has 0 radical (unpaired) electrons. The number of benzene rings is 1. The minimum atomic E-state index is -3.27. The molecule has 1 aliphatic rings. The second-order valence-electron chi connectivity index (χ2n) is 5.48. The van der Waals surface area contributed by atoms with Gasteiger partial charge < -0.3 is 10.6 Å². The van der Waals surface area contributed by atoms with E-state index < -0.39 is 9.84 Å². The predicted molar refractivity (Wildman–Crippen MR) is 78.4 cm³/mol. The van der Waals surface area contributed by atoms with Crippen molar-refractivity contribution in [2.24, 2.45) is 11.8 Å². The van der Waals surface area contributed by atoms with Crippen LogP contribution in [0.15, 0.2) is 23.1 Å². The Labute approximate surface area is 119 Å². The summed E-state index contributed by atoms with van der Waals surface area (Å²) in [7, 11) is -3.27. The molecule has 2 N–H and O–H groups in total. The van der Waals surface area contributed by atoms with Gasteiger partial charge >= 0.3 is 0 Å². The molecule has 2 atom stereocenters. The Morgan fingerprint density at radius 1 is 1.35 bits per heavy atom. The molecule has 110 valence electrons. The first kappa shape index (κ1) is 15.0. The lowest BCUT2D eigenvalue weighted by Crippen LogP contribution is -2.28. The van der Waals surface area contributed by atoms with Crippen LogP contribution < -0.4 is 10.6 Å². The van der Waals surface area contributed by atoms with Crippen molar-refractivity contribution in [2.75, 3.05) is 24.7 Å². The lowest BCUT2D eigenvalue weighted by Gasteiger charge is -2.16. The Bertz CT molecular complexity index is 625. The van der Waals surface area contributed by atoms with Gasteiger partial charge in [0.15, 0.2) is 9.84 Å². The van der Waals surface area contributed by atoms with Crippen molar-refractivity contribution in [2.45, 2.75) is 18.7 Å². The van der Waals surface area contributed by atoms with Crippen molar-refractivity contribution in [3.63, 3.8) is 0 Å². The third-order valence-corrected chi connectivity index (χ3v) is 4.86. The molecule has 1 saturated heterocycles. The van der Waals surface area contributed by atoms with E-state index in [1.165, 1.54) is 6.07 Å². The standard InChI is InChI=1S/C14H20N2O3S/c1-9-4-5-11(20(3,18)19)6-13(9)16-14(17)12-8-15-7-10(12)2/h4-6,10,12,15H,7-8H2,1-3H3,(H,16,17). The van der Waals surface area contributed by atoms with Crippen molar-refractivity contribution in [3.8, 4) is 0 Å². The Balaban J connectivity index is 2.22. The summed E-state index contributed by atoms with van der Waals surface area (Å²) in [6.45, 7) is 5.38. The van der Waals surface area contributed by atoms with Crippen LogP contribution in [-0.2, 0) is 14.6 Å². The van der Waals surface area contributed by atoms with Crippen LogP contribution in [0.1, 0.15) is 12.5 Å². The maximum absolute atomic E-state index is 12.2. The van der Waals surface area contributed by atoms with Gasteiger partial charge in [-0.2, -0.15) is 0 Å². The van der Waals surface area contributed by atoms with Crippen molar-refractivity contribution >= 4 is 21.4 Å². The summed E-state index contributed by atoms with van der Waals surface area (Å²) in [5.74, 6) is 0.154. The highest BCUT2D eigenvalue weighted by Crippen LogP contribution is 2.23. The smallest absolute Gasteiger partial charge is 0.229 e. The second kappa shape index (κ2) is 5.54. The van der Waals surface area contributed by atoms with E-state index in [0.29, 0.717) is 12.2 Å². The van der Waals surface area contributed by atoms with E-state index >= 15 is 0 Å². The van der Waals surface area contributed by atoms with Crippen molar-refractivity contribution < 1.29 is 13.2 Å². The lowest BCUT2D eigenvalue weighted by atomic mass is 9.97. The summed E-state index contributed by atoms with van der Waals surface area (Å²) in [5, 5.41) is 6.03. The molecule has 2 rings (SSSR count). The summed E-state index contributed by atoms with van der Waals surface area (Å²) in [4.78, 5) is 12.5. The van der Waals surface area contributed by atoms with Gasteiger partial charge in [0, 0.05) is 18.5 Å². The highest BCUT2D eigenvalue weighted by molar-refractivity contribution is 7.90. The molecule has 0 spiro atoms. The number of hydrogen-bond donors (Lipinski definition) is 2. The van der Waals surface area contributed by atoms with Crippen LogP contribution in [-0.4, -0.2) is 33.7 Å². The molecule has 1 heterocycles. The van der Waals surface area contributed by atoms with Crippen LogP contribution in [0.5, 0.6) is 0 Å². The Hall–Kier alpha value is -1.40. The van der Waals surface area contributed by atoms with E-state index in [1.54, 1.807) is 12.1 Å². The fourth-order valence-electron chi connectivity index (χ4n) is 2.35. The maximum atomic E-state index is 12.2. The number of rotatable bonds is 3. The van der Waals surface area contributed by atoms with Gasteiger partial charge in [-0.1, -0.05) is 13.0 Å². The zero-order chi connectivity index (χ0) is 14.9. The predicted octanol–water partition coefficient (Wildman–Crippen LogP) is 1.19. The molecule has 1 amide bonds. The summed E-state index contributed by atoms with van der Waals surface area (Å²) in [6.07, 6.45) is 1.16. The molecule has 0 aliphatic carbocycles. The third kappa shape index (κ3) is 3.19. The molecular formula is C14H20N2O3S. The molecule has 5 nitrogen and oxygen atoms in total. The third-order valence-electron chi connectivity index (χ3n) is 3.75. The Morgan fingerprint density at radius 3 is 2.60 bits per heavy atom. The van der Waals surface area contributed by atoms with Gasteiger partial charge in [-0.05, 0) is 37.1 Å². The van der Waals surface area contributed by atoms with Gasteiger partial charge in [0.05, 0.1) is 10.8 Å². The first-order valence-corrected chi connectivity index (χ1v) is 8.50. The van der Waals surface area contributed by atoms with Gasteiger partial charge in [-0.15, -0.1) is 0 Å². The molecular weight excluding hydrogens is 276 g/mol. The minimum Gasteiger partial charge on any atom is -0.326 e. The van der Waals surface area contributed by atoms with Crippen LogP contribution in [0.2, 0.25) is 0 Å². The number of carbonyl (C=O) groups excluding carboxylic acids is 1. The molecule has 0 saturated carbocycles. The quantitative estimate of drug-likeness (QED) is 0.878. The molecule has 1 aliphatic heterocycles. The topological polar surface area (TPSA) is 75.3 Å². The highest BCUT2D eigenvalue weighted by atomic mass is 32.2. The molecule has 2 unspecified atom stereocenters. The number of carbonyl (C=O) groups is 1. The second-order valence-corrected chi connectivity index (χ2v) is 7.50. The normalized spacial score (nSPS) is 22.8. The monoisotopic (exact) mass is 296 g/mol. The average molecular weight is 296 g/mol. The zero-order valence-electron chi connectivity index (χ0n) is 11.9. The SMILES string of the molecule is Cc1ccc(S(C)(=O)=O)cc1NC(=O)C1CNCC1C. The highest BCUT2D eigenvalue weighted by Gasteiger charge is 2.29. The van der Waals surface area contributed by atoms with Crippen LogP contribution >= 0.6 is 0 Å². The van der Waals surface area contributed by atoms with E-state index in [0.717, 1.165) is 18.4 Å². The van der Waals surface area contributed by atoms with Gasteiger partial charge in [0.2, 0.25) is 5.91 Å². The van der Waals surface area contributed by atoms with E-state index in [1.807, 2.05) is 13.8 Å². The average Bonchev–Trinajstić information content (AvgIpc) is 2.77. The van der Waals surface area contributed by atoms with Crippen molar-refractivity contribution in [3.05, 3.63) is 23.8 Å². The van der Waals surface area contributed by atoms with Gasteiger partial charge in [0.25, 0.3) is 0 Å². The van der Waals surface area contributed by atoms with E-state index in [9.17, 15) is 13.2 Å². The molecule has 0 bridgehead atoms. The number of aryl methyl sites for hydroxylation is 1. The number of anilines is 1. The van der Waals surface area contributed by atoms with Crippen LogP contribution in [0.25, 0.3) is 0 Å². The molecule has 20 heavy (non-hydrogen) atoms. The molecule has 0 aromatic heterocycles. The van der Waals surface area contributed by atoms with E-state index in [2.05, 4.69) is 10.6 Å². The summed E-state index contributed by atoms with van der Waals surface area (Å²) in [6, 6.07) is 4.79. The van der Waals surface area contributed by atoms with Gasteiger partial charge in [0.1, 0.15) is 0 Å². The van der Waals surface area contributed by atoms with Crippen LogP contribution in [0.4, 0.5) is 5.69 Å². The lowest BCUT2D eigenvalue weighted by molar-refractivity contribution is -0.120. The number of hydrogen-bond acceptors (Lipinski definition) is 4. The van der Waals surface area contributed by atoms with Crippen molar-refractivity contribution in [1.29, 1.82) is 0 Å². The van der Waals surface area contributed by atoms with Crippen LogP contribution in [0, 0.1) is 18.8 Å². The summed E-state index contributed by atoms with van der Waals surface area (Å²) >= 11 is 0. The summed E-state index contributed by atoms with van der Waals surface area (Å²) in [5.41, 5.74) is 1.42. The van der Waals surface area contributed by atoms with E-state index in [-0.39, 0.29) is 22.6 Å². The molecule has 1 aromatic rings. The first-order chi connectivity index (χ1) is 9.29. The van der Waals surface area contributed by atoms with E-state index in [4.69, 9.17) is 0 Å². The Morgan fingerprint density at radius 2 is 2.05 bits per heavy atom. The Kier molecular flexibility index (Phi) is 4.15. The molecule has 6 heteroatoms. The minimum absolute atomic E-state index is 0.0590. The zero-order valence-corrected chi connectivity index (χ0v) is 12.8. The fraction of sp³-hybridized carbons (Fsp3) is 0.500.